The van der Waals surface area contributed by atoms with Crippen molar-refractivity contribution in [3.8, 4) is 5.69 Å². The topological polar surface area (TPSA) is 102 Å². The lowest BCUT2D eigenvalue weighted by molar-refractivity contribution is 0.0534. The summed E-state index contributed by atoms with van der Waals surface area (Å²) in [7, 11) is 0. The number of anilines is 1. The van der Waals surface area contributed by atoms with E-state index < -0.39 is 0 Å². The maximum atomic E-state index is 13.6. The third kappa shape index (κ3) is 3.92. The molecule has 0 radical (unpaired) electrons. The molecule has 0 saturated carbocycles. The molecular weight excluding hydrogens is 468 g/mol. The van der Waals surface area contributed by atoms with Gasteiger partial charge in [0.05, 0.1) is 16.5 Å². The predicted octanol–water partition coefficient (Wildman–Crippen LogP) is 3.92. The van der Waals surface area contributed by atoms with E-state index in [0.29, 0.717) is 48.4 Å². The molecule has 8 heteroatoms. The van der Waals surface area contributed by atoms with E-state index in [9.17, 15) is 14.4 Å². The molecule has 0 spiro atoms. The molecule has 3 heterocycles. The highest BCUT2D eigenvalue weighted by Crippen LogP contribution is 2.27. The monoisotopic (exact) mass is 492 g/mol. The van der Waals surface area contributed by atoms with Crippen LogP contribution in [0.15, 0.2) is 94.5 Å². The third-order valence-corrected chi connectivity index (χ3v) is 6.86. The minimum Gasteiger partial charge on any atom is -0.463 e. The lowest BCUT2D eigenvalue weighted by Gasteiger charge is -2.34. The van der Waals surface area contributed by atoms with Crippen LogP contribution in [0.5, 0.6) is 0 Å². The normalized spacial score (nSPS) is 13.8. The third-order valence-electron chi connectivity index (χ3n) is 6.86. The Morgan fingerprint density at radius 2 is 1.41 bits per heavy atom. The van der Waals surface area contributed by atoms with Crippen LogP contribution in [0.1, 0.15) is 20.7 Å². The van der Waals surface area contributed by atoms with Gasteiger partial charge in [-0.3, -0.25) is 14.4 Å². The number of nitrogens with zero attached hydrogens (tertiary/aromatic N) is 3. The van der Waals surface area contributed by atoms with E-state index in [1.54, 1.807) is 34.1 Å². The molecule has 37 heavy (non-hydrogen) atoms. The molecular formula is C29H24N4O4. The van der Waals surface area contributed by atoms with Gasteiger partial charge in [-0.05, 0) is 36.4 Å². The molecule has 6 rings (SSSR count). The maximum Gasteiger partial charge on any atom is 0.261 e. The van der Waals surface area contributed by atoms with E-state index in [2.05, 4.69) is 0 Å². The van der Waals surface area contributed by atoms with Crippen LogP contribution in [0.3, 0.4) is 0 Å². The lowest BCUT2D eigenvalue weighted by Crippen LogP contribution is -2.51. The van der Waals surface area contributed by atoms with Crippen LogP contribution in [-0.2, 0) is 0 Å². The van der Waals surface area contributed by atoms with Gasteiger partial charge >= 0.3 is 0 Å². The highest BCUT2D eigenvalue weighted by Gasteiger charge is 2.29. The number of carbonyl (C=O) groups is 2. The number of nitrogen functional groups attached to an aromatic ring is 1. The lowest BCUT2D eigenvalue weighted by atomic mass is 10.1. The second-order valence-corrected chi connectivity index (χ2v) is 9.08. The van der Waals surface area contributed by atoms with Crippen molar-refractivity contribution in [3.05, 3.63) is 107 Å². The van der Waals surface area contributed by atoms with Gasteiger partial charge in [0.1, 0.15) is 17.4 Å². The summed E-state index contributed by atoms with van der Waals surface area (Å²) >= 11 is 0. The number of hydrogen-bond acceptors (Lipinski definition) is 5. The van der Waals surface area contributed by atoms with Gasteiger partial charge < -0.3 is 24.5 Å². The van der Waals surface area contributed by atoms with Gasteiger partial charge in [0, 0.05) is 49.1 Å². The Labute approximate surface area is 212 Å². The van der Waals surface area contributed by atoms with Crippen LogP contribution in [0.4, 0.5) is 5.69 Å². The molecule has 1 fully saturated rings. The zero-order chi connectivity index (χ0) is 25.5. The standard InChI is InChI=1S/C29H24N4O4/c30-19-6-5-7-20(16-19)33-17-23(21-8-1-3-10-25(21)33)28(35)31-12-14-32(15-13-31)29(36)24-18-37-26-11-4-2-9-22(26)27(24)34/h1-11,16-18H,12-15,30H2. The predicted molar refractivity (Wildman–Crippen MR) is 142 cm³/mol. The van der Waals surface area contributed by atoms with Crippen molar-refractivity contribution < 1.29 is 14.0 Å². The molecule has 0 unspecified atom stereocenters. The largest absolute Gasteiger partial charge is 0.463 e. The number of amides is 2. The number of aromatic nitrogens is 1. The van der Waals surface area contributed by atoms with Gasteiger partial charge in [0.15, 0.2) is 0 Å². The fourth-order valence-corrected chi connectivity index (χ4v) is 4.92. The zero-order valence-corrected chi connectivity index (χ0v) is 20.0. The minimum atomic E-state index is -0.384. The first-order valence-electron chi connectivity index (χ1n) is 12.1. The Morgan fingerprint density at radius 3 is 2.14 bits per heavy atom. The number of nitrogens with two attached hydrogens (primary N) is 1. The smallest absolute Gasteiger partial charge is 0.261 e. The van der Waals surface area contributed by atoms with Crippen LogP contribution in [0.2, 0.25) is 0 Å². The molecule has 2 amide bonds. The van der Waals surface area contributed by atoms with Crippen molar-refractivity contribution >= 4 is 39.4 Å². The van der Waals surface area contributed by atoms with Gasteiger partial charge in [-0.25, -0.2) is 0 Å². The number of rotatable bonds is 3. The minimum absolute atomic E-state index is 0.00341. The first kappa shape index (κ1) is 22.6. The molecule has 2 N–H and O–H groups in total. The van der Waals surface area contributed by atoms with Crippen LogP contribution in [0, 0.1) is 0 Å². The first-order valence-corrected chi connectivity index (χ1v) is 12.1. The summed E-state index contributed by atoms with van der Waals surface area (Å²) in [5, 5.41) is 1.22. The van der Waals surface area contributed by atoms with E-state index in [0.717, 1.165) is 16.6 Å². The average molecular weight is 493 g/mol. The van der Waals surface area contributed by atoms with Crippen molar-refractivity contribution in [2.75, 3.05) is 31.9 Å². The highest BCUT2D eigenvalue weighted by molar-refractivity contribution is 6.07. The zero-order valence-electron chi connectivity index (χ0n) is 20.0. The Hall–Kier alpha value is -4.85. The van der Waals surface area contributed by atoms with E-state index in [-0.39, 0.29) is 22.8 Å². The van der Waals surface area contributed by atoms with Gasteiger partial charge in [-0.1, -0.05) is 36.4 Å². The van der Waals surface area contributed by atoms with Gasteiger partial charge in [0.2, 0.25) is 5.43 Å². The van der Waals surface area contributed by atoms with Gasteiger partial charge in [-0.15, -0.1) is 0 Å². The Kier molecular flexibility index (Phi) is 5.49. The van der Waals surface area contributed by atoms with E-state index in [1.165, 1.54) is 6.26 Å². The van der Waals surface area contributed by atoms with E-state index >= 15 is 0 Å². The van der Waals surface area contributed by atoms with Crippen LogP contribution in [-0.4, -0.2) is 52.4 Å². The van der Waals surface area contributed by atoms with Crippen molar-refractivity contribution in [2.24, 2.45) is 0 Å². The molecule has 1 aliphatic heterocycles. The van der Waals surface area contributed by atoms with Crippen molar-refractivity contribution in [1.29, 1.82) is 0 Å². The van der Waals surface area contributed by atoms with Crippen LogP contribution >= 0.6 is 0 Å². The van der Waals surface area contributed by atoms with E-state index in [1.807, 2.05) is 59.3 Å². The van der Waals surface area contributed by atoms with Crippen molar-refractivity contribution in [1.82, 2.24) is 14.4 Å². The molecule has 3 aromatic carbocycles. The second kappa shape index (κ2) is 8.98. The number of benzene rings is 3. The number of para-hydroxylation sites is 2. The number of fused-ring (bicyclic) bond motifs is 2. The van der Waals surface area contributed by atoms with Crippen molar-refractivity contribution in [2.45, 2.75) is 0 Å². The fraction of sp³-hybridized carbons (Fsp3) is 0.138. The molecule has 2 aromatic heterocycles. The molecule has 184 valence electrons. The molecule has 0 bridgehead atoms. The molecule has 8 nitrogen and oxygen atoms in total. The number of hydrogen-bond donors (Lipinski definition) is 1. The van der Waals surface area contributed by atoms with Crippen LogP contribution in [0.25, 0.3) is 27.6 Å². The second-order valence-electron chi connectivity index (χ2n) is 9.08. The summed E-state index contributed by atoms with van der Waals surface area (Å²) in [5.74, 6) is -0.485. The average Bonchev–Trinajstić information content (AvgIpc) is 3.33. The first-order chi connectivity index (χ1) is 18.0. The van der Waals surface area contributed by atoms with E-state index in [4.69, 9.17) is 10.2 Å². The summed E-state index contributed by atoms with van der Waals surface area (Å²) in [6.07, 6.45) is 3.08. The maximum absolute atomic E-state index is 13.6. The SMILES string of the molecule is Nc1cccc(-n2cc(C(=O)N3CCN(C(=O)c4coc5ccccc5c4=O)CC3)c3ccccc32)c1. The fourth-order valence-electron chi connectivity index (χ4n) is 4.92. The molecule has 0 atom stereocenters. The quantitative estimate of drug-likeness (QED) is 0.385. The Bertz CT molecular complexity index is 1730. The highest BCUT2D eigenvalue weighted by atomic mass is 16.3. The molecule has 5 aromatic rings. The number of carbonyl (C=O) groups excluding carboxylic acids is 2. The number of piperazine rings is 1. The Balaban J connectivity index is 1.23. The summed E-state index contributed by atoms with van der Waals surface area (Å²) in [4.78, 5) is 42.9. The summed E-state index contributed by atoms with van der Waals surface area (Å²) in [5.41, 5.74) is 9.11. The van der Waals surface area contributed by atoms with Gasteiger partial charge in [0.25, 0.3) is 11.8 Å². The van der Waals surface area contributed by atoms with Crippen molar-refractivity contribution in [3.63, 3.8) is 0 Å². The summed E-state index contributed by atoms with van der Waals surface area (Å²) in [6, 6.07) is 22.1. The summed E-state index contributed by atoms with van der Waals surface area (Å²) < 4.78 is 7.49. The van der Waals surface area contributed by atoms with Gasteiger partial charge in [-0.2, -0.15) is 0 Å². The molecule has 0 aliphatic carbocycles. The summed E-state index contributed by atoms with van der Waals surface area (Å²) in [6.45, 7) is 1.37. The molecule has 1 aliphatic rings. The molecule has 1 saturated heterocycles. The Morgan fingerprint density at radius 1 is 0.757 bits per heavy atom. The van der Waals surface area contributed by atoms with Crippen LogP contribution < -0.4 is 11.2 Å².